The number of hydrogen-bond donors (Lipinski definition) is 0. The molecule has 0 bridgehead atoms. The summed E-state index contributed by atoms with van der Waals surface area (Å²) in [4.78, 5) is 0. The van der Waals surface area contributed by atoms with Gasteiger partial charge in [0.25, 0.3) is 0 Å². The normalized spacial score (nSPS) is 18.3. The molecule has 0 atom stereocenters. The molecule has 1 fully saturated rings. The third kappa shape index (κ3) is 7.34. The summed E-state index contributed by atoms with van der Waals surface area (Å²) in [5, 5.41) is 0. The predicted octanol–water partition coefficient (Wildman–Crippen LogP) is 8.95. The van der Waals surface area contributed by atoms with E-state index in [1.807, 2.05) is 6.92 Å². The molecule has 1 aliphatic heterocycles. The second-order valence-corrected chi connectivity index (χ2v) is 9.42. The monoisotopic (exact) mass is 612 g/mol. The van der Waals surface area contributed by atoms with Crippen molar-refractivity contribution in [2.45, 2.75) is 44.6 Å². The fourth-order valence-electron chi connectivity index (χ4n) is 4.35. The van der Waals surface area contributed by atoms with E-state index in [-0.39, 0.29) is 11.5 Å². The Morgan fingerprint density at radius 3 is 1.88 bits per heavy atom. The van der Waals surface area contributed by atoms with Crippen molar-refractivity contribution in [3.05, 3.63) is 88.7 Å². The van der Waals surface area contributed by atoms with Gasteiger partial charge in [-0.25, -0.2) is 17.9 Å². The Labute approximate surface area is 232 Å². The minimum Gasteiger partial charge on any atom is -0.429 e. The summed E-state index contributed by atoms with van der Waals surface area (Å²) in [5.74, 6) is -5.29. The van der Waals surface area contributed by atoms with Crippen molar-refractivity contribution in [2.75, 3.05) is 13.2 Å². The van der Waals surface area contributed by atoms with E-state index in [4.69, 9.17) is 9.47 Å². The van der Waals surface area contributed by atoms with Crippen molar-refractivity contribution in [3.63, 3.8) is 0 Å². The quantitative estimate of drug-likeness (QED) is 0.226. The van der Waals surface area contributed by atoms with Gasteiger partial charge in [0, 0.05) is 17.0 Å². The van der Waals surface area contributed by atoms with Gasteiger partial charge in [-0.2, -0.15) is 17.6 Å². The van der Waals surface area contributed by atoms with Crippen LogP contribution < -0.4 is 4.74 Å². The lowest BCUT2D eigenvalue weighted by molar-refractivity contribution is -0.431. The van der Waals surface area contributed by atoms with Crippen LogP contribution in [0.15, 0.2) is 54.6 Å². The number of hydrogen-bond acceptors (Lipinski definition) is 4. The average Bonchev–Trinajstić information content (AvgIpc) is 2.87. The third-order valence-electron chi connectivity index (χ3n) is 6.25. The van der Waals surface area contributed by atoms with Crippen LogP contribution in [0.1, 0.15) is 42.7 Å². The molecule has 3 aromatic rings. The molecular formula is C28H22F10O4. The number of benzene rings is 3. The molecule has 0 aliphatic carbocycles. The number of ether oxygens (including phenoxy) is 4. The zero-order chi connectivity index (χ0) is 30.9. The molecule has 4 nitrogen and oxygen atoms in total. The smallest absolute Gasteiger partial charge is 0.429 e. The average molecular weight is 612 g/mol. The largest absolute Gasteiger partial charge is 0.527 e. The lowest BCUT2D eigenvalue weighted by Gasteiger charge is -2.29. The van der Waals surface area contributed by atoms with Crippen LogP contribution in [0.2, 0.25) is 0 Å². The van der Waals surface area contributed by atoms with Crippen LogP contribution in [0.4, 0.5) is 43.9 Å². The van der Waals surface area contributed by atoms with Crippen molar-refractivity contribution >= 4 is 0 Å². The third-order valence-corrected chi connectivity index (χ3v) is 6.25. The van der Waals surface area contributed by atoms with Crippen LogP contribution in [0.3, 0.4) is 0 Å². The van der Waals surface area contributed by atoms with E-state index in [0.29, 0.717) is 55.2 Å². The fraction of sp³-hybridized carbons (Fsp3) is 0.357. The van der Waals surface area contributed by atoms with Crippen molar-refractivity contribution in [1.29, 1.82) is 0 Å². The van der Waals surface area contributed by atoms with Gasteiger partial charge in [0.1, 0.15) is 28.8 Å². The van der Waals surface area contributed by atoms with E-state index in [2.05, 4.69) is 9.47 Å². The molecule has 0 saturated carbocycles. The molecule has 0 spiro atoms. The van der Waals surface area contributed by atoms with E-state index in [1.54, 1.807) is 0 Å². The minimum atomic E-state index is -5.70. The lowest BCUT2D eigenvalue weighted by atomic mass is 10.00. The van der Waals surface area contributed by atoms with E-state index in [0.717, 1.165) is 18.9 Å². The molecule has 0 N–H and O–H groups in total. The van der Waals surface area contributed by atoms with E-state index >= 15 is 0 Å². The van der Waals surface area contributed by atoms with Gasteiger partial charge in [0.15, 0.2) is 6.29 Å². The van der Waals surface area contributed by atoms with Crippen molar-refractivity contribution < 1.29 is 62.9 Å². The predicted molar refractivity (Wildman–Crippen MR) is 127 cm³/mol. The molecule has 4 rings (SSSR count). The van der Waals surface area contributed by atoms with Gasteiger partial charge in [-0.3, -0.25) is 0 Å². The van der Waals surface area contributed by atoms with Gasteiger partial charge in [-0.15, -0.1) is 13.2 Å². The molecule has 0 amide bonds. The highest BCUT2D eigenvalue weighted by Crippen LogP contribution is 2.40. The number of rotatable bonds is 9. The second-order valence-electron chi connectivity index (χ2n) is 9.42. The zero-order valence-electron chi connectivity index (χ0n) is 21.6. The summed E-state index contributed by atoms with van der Waals surface area (Å²) in [6.45, 7) is 2.82. The highest BCUT2D eigenvalue weighted by Gasteiger charge is 2.46. The maximum atomic E-state index is 14.9. The van der Waals surface area contributed by atoms with E-state index < -0.39 is 64.8 Å². The summed E-state index contributed by atoms with van der Waals surface area (Å²) in [5.41, 5.74) is -3.66. The maximum absolute atomic E-state index is 14.9. The summed E-state index contributed by atoms with van der Waals surface area (Å²) in [7, 11) is 0. The van der Waals surface area contributed by atoms with Gasteiger partial charge in [0.05, 0.1) is 18.8 Å². The fourth-order valence-corrected chi connectivity index (χ4v) is 4.35. The molecule has 14 heteroatoms. The molecule has 0 radical (unpaired) electrons. The first-order valence-corrected chi connectivity index (χ1v) is 12.4. The van der Waals surface area contributed by atoms with Crippen LogP contribution in [-0.2, 0) is 26.4 Å². The van der Waals surface area contributed by atoms with Crippen molar-refractivity contribution in [3.8, 4) is 16.9 Å². The Balaban J connectivity index is 1.51. The van der Waals surface area contributed by atoms with Crippen LogP contribution in [0, 0.1) is 23.4 Å². The molecular weight excluding hydrogens is 590 g/mol. The van der Waals surface area contributed by atoms with E-state index in [1.165, 1.54) is 12.1 Å². The highest BCUT2D eigenvalue weighted by atomic mass is 19.4. The molecule has 42 heavy (non-hydrogen) atoms. The second kappa shape index (κ2) is 12.1. The molecule has 1 aliphatic rings. The Morgan fingerprint density at radius 1 is 0.762 bits per heavy atom. The van der Waals surface area contributed by atoms with Crippen LogP contribution in [0.25, 0.3) is 11.1 Å². The Morgan fingerprint density at radius 2 is 1.36 bits per heavy atom. The number of alkyl halides is 7. The summed E-state index contributed by atoms with van der Waals surface area (Å²) in [6, 6.07) is 5.98. The zero-order valence-corrected chi connectivity index (χ0v) is 21.6. The Hall–Kier alpha value is -3.36. The van der Waals surface area contributed by atoms with Gasteiger partial charge in [-0.05, 0) is 54.4 Å². The van der Waals surface area contributed by atoms with Gasteiger partial charge >= 0.3 is 18.6 Å². The van der Waals surface area contributed by atoms with Gasteiger partial charge < -0.3 is 14.2 Å². The van der Waals surface area contributed by atoms with Crippen LogP contribution in [0.5, 0.6) is 5.75 Å². The summed E-state index contributed by atoms with van der Waals surface area (Å²) < 4.78 is 156. The first-order valence-electron chi connectivity index (χ1n) is 12.4. The van der Waals surface area contributed by atoms with Crippen molar-refractivity contribution in [1.82, 2.24) is 0 Å². The molecule has 0 aromatic heterocycles. The number of halogens is 10. The van der Waals surface area contributed by atoms with Crippen LogP contribution in [-0.4, -0.2) is 19.6 Å². The Kier molecular flexibility index (Phi) is 9.09. The SMILES string of the molecule is CCCC1COC(c2ccc(-c3cc(F)c(C(F)(F)Oc4ccc(C(F)(F)OC(F)(F)F)cc4)c(F)c3)c(F)c2)OC1. The van der Waals surface area contributed by atoms with Gasteiger partial charge in [0.2, 0.25) is 0 Å². The van der Waals surface area contributed by atoms with Gasteiger partial charge in [-0.1, -0.05) is 25.5 Å². The minimum absolute atomic E-state index is 0.198. The topological polar surface area (TPSA) is 36.9 Å². The molecule has 3 aromatic carbocycles. The first kappa shape index (κ1) is 31.6. The highest BCUT2D eigenvalue weighted by molar-refractivity contribution is 5.65. The lowest BCUT2D eigenvalue weighted by Crippen LogP contribution is -2.28. The molecule has 0 unspecified atom stereocenters. The van der Waals surface area contributed by atoms with Crippen LogP contribution >= 0.6 is 0 Å². The van der Waals surface area contributed by atoms with Crippen molar-refractivity contribution in [2.24, 2.45) is 5.92 Å². The molecule has 228 valence electrons. The molecule has 1 saturated heterocycles. The maximum Gasteiger partial charge on any atom is 0.527 e. The summed E-state index contributed by atoms with van der Waals surface area (Å²) in [6.07, 6.45) is -14.3. The summed E-state index contributed by atoms with van der Waals surface area (Å²) >= 11 is 0. The molecule has 1 heterocycles. The standard InChI is InChI=1S/C28H22F10O4/c1-2-3-15-13-39-25(40-14-15)16-4-9-20(21(29)10-16)17-11-22(30)24(23(31)12-17)27(34,35)41-19-7-5-18(6-8-19)26(32,33)42-28(36,37)38/h4-12,15,25H,2-3,13-14H2,1H3. The Bertz CT molecular complexity index is 1360. The van der Waals surface area contributed by atoms with E-state index in [9.17, 15) is 43.9 Å². The first-order chi connectivity index (χ1) is 19.6.